The van der Waals surface area contributed by atoms with Gasteiger partial charge in [-0.25, -0.2) is 4.39 Å². The Morgan fingerprint density at radius 3 is 2.95 bits per heavy atom. The fourth-order valence-electron chi connectivity index (χ4n) is 3.73. The molecule has 1 aromatic carbocycles. The maximum Gasteiger partial charge on any atom is 0.226 e. The van der Waals surface area contributed by atoms with E-state index in [2.05, 4.69) is 0 Å². The summed E-state index contributed by atoms with van der Waals surface area (Å²) in [6, 6.07) is 6.94. The Bertz CT molecular complexity index is 532. The number of carbonyl (C=O) groups is 1. The minimum atomic E-state index is -0.223. The van der Waals surface area contributed by atoms with E-state index in [0.717, 1.165) is 19.3 Å². The molecule has 0 aromatic heterocycles. The molecule has 3 unspecified atom stereocenters. The van der Waals surface area contributed by atoms with Crippen molar-refractivity contribution >= 4 is 5.91 Å². The number of amides is 1. The summed E-state index contributed by atoms with van der Waals surface area (Å²) in [6.07, 6.45) is 5.09. The Morgan fingerprint density at radius 2 is 2.14 bits per heavy atom. The van der Waals surface area contributed by atoms with Crippen molar-refractivity contribution in [2.45, 2.75) is 51.2 Å². The summed E-state index contributed by atoms with van der Waals surface area (Å²) in [5.74, 6) is -0.277. The summed E-state index contributed by atoms with van der Waals surface area (Å²) in [5, 5.41) is 0. The van der Waals surface area contributed by atoms with Crippen molar-refractivity contribution in [2.75, 3.05) is 13.2 Å². The maximum atomic E-state index is 13.8. The number of hydrogen-bond acceptors (Lipinski definition) is 2. The van der Waals surface area contributed by atoms with Gasteiger partial charge in [0.15, 0.2) is 0 Å². The molecule has 1 aliphatic heterocycles. The third kappa shape index (κ3) is 3.17. The van der Waals surface area contributed by atoms with Crippen LogP contribution < -0.4 is 0 Å². The van der Waals surface area contributed by atoms with Crippen molar-refractivity contribution < 1.29 is 13.9 Å². The van der Waals surface area contributed by atoms with E-state index < -0.39 is 0 Å². The highest BCUT2D eigenvalue weighted by Gasteiger charge is 2.37. The molecule has 0 bridgehead atoms. The van der Waals surface area contributed by atoms with Gasteiger partial charge in [-0.05, 0) is 30.9 Å². The number of ether oxygens (including phenoxy) is 1. The molecule has 3 rings (SSSR count). The van der Waals surface area contributed by atoms with E-state index in [4.69, 9.17) is 4.74 Å². The molecule has 1 aromatic rings. The fraction of sp³-hybridized carbons (Fsp3) is 0.611. The van der Waals surface area contributed by atoms with E-state index in [1.54, 1.807) is 12.1 Å². The SMILES string of the molecule is CC(Cc1ccccc1F)C(=O)N1CCOC2CCCCC21. The van der Waals surface area contributed by atoms with Gasteiger partial charge in [-0.3, -0.25) is 4.79 Å². The van der Waals surface area contributed by atoms with Crippen LogP contribution in [-0.4, -0.2) is 36.1 Å². The summed E-state index contributed by atoms with van der Waals surface area (Å²) < 4.78 is 19.6. The Hall–Kier alpha value is -1.42. The largest absolute Gasteiger partial charge is 0.374 e. The number of hydrogen-bond donors (Lipinski definition) is 0. The average Bonchev–Trinajstić information content (AvgIpc) is 2.55. The molecule has 3 nitrogen and oxygen atoms in total. The summed E-state index contributed by atoms with van der Waals surface area (Å²) in [5.41, 5.74) is 0.622. The summed E-state index contributed by atoms with van der Waals surface area (Å²) in [7, 11) is 0. The number of carbonyl (C=O) groups excluding carboxylic acids is 1. The molecular formula is C18H24FNO2. The monoisotopic (exact) mass is 305 g/mol. The first-order valence-corrected chi connectivity index (χ1v) is 8.32. The van der Waals surface area contributed by atoms with E-state index >= 15 is 0 Å². The second-order valence-electron chi connectivity index (χ2n) is 6.49. The van der Waals surface area contributed by atoms with E-state index in [1.165, 1.54) is 12.5 Å². The summed E-state index contributed by atoms with van der Waals surface area (Å²) in [4.78, 5) is 14.8. The molecule has 3 atom stereocenters. The first-order valence-electron chi connectivity index (χ1n) is 8.32. The van der Waals surface area contributed by atoms with Crippen LogP contribution >= 0.6 is 0 Å². The van der Waals surface area contributed by atoms with Gasteiger partial charge in [0.1, 0.15) is 5.82 Å². The van der Waals surface area contributed by atoms with Crippen molar-refractivity contribution in [3.63, 3.8) is 0 Å². The van der Waals surface area contributed by atoms with Gasteiger partial charge in [0.25, 0.3) is 0 Å². The minimum absolute atomic E-state index is 0.142. The topological polar surface area (TPSA) is 29.5 Å². The van der Waals surface area contributed by atoms with Gasteiger partial charge in [0, 0.05) is 12.5 Å². The molecule has 1 saturated heterocycles. The lowest BCUT2D eigenvalue weighted by atomic mass is 9.89. The van der Waals surface area contributed by atoms with Gasteiger partial charge in [-0.1, -0.05) is 38.0 Å². The molecule has 1 amide bonds. The molecule has 1 saturated carbocycles. The highest BCUT2D eigenvalue weighted by Crippen LogP contribution is 2.29. The molecule has 1 aliphatic carbocycles. The predicted octanol–water partition coefficient (Wildman–Crippen LogP) is 3.17. The molecule has 2 fully saturated rings. The highest BCUT2D eigenvalue weighted by atomic mass is 19.1. The smallest absolute Gasteiger partial charge is 0.226 e. The van der Waals surface area contributed by atoms with Crippen LogP contribution in [0, 0.1) is 11.7 Å². The van der Waals surface area contributed by atoms with Crippen LogP contribution in [0.2, 0.25) is 0 Å². The number of rotatable bonds is 3. The Balaban J connectivity index is 1.68. The molecule has 0 radical (unpaired) electrons. The van der Waals surface area contributed by atoms with E-state index in [-0.39, 0.29) is 29.8 Å². The molecule has 4 heteroatoms. The van der Waals surface area contributed by atoms with Gasteiger partial charge < -0.3 is 9.64 Å². The third-order valence-electron chi connectivity index (χ3n) is 4.92. The van der Waals surface area contributed by atoms with E-state index in [0.29, 0.717) is 25.1 Å². The van der Waals surface area contributed by atoms with Crippen LogP contribution in [0.25, 0.3) is 0 Å². The van der Waals surface area contributed by atoms with Gasteiger partial charge in [0.05, 0.1) is 18.8 Å². The van der Waals surface area contributed by atoms with Crippen LogP contribution in [0.3, 0.4) is 0 Å². The lowest BCUT2D eigenvalue weighted by molar-refractivity contribution is -0.153. The van der Waals surface area contributed by atoms with Gasteiger partial charge in [-0.2, -0.15) is 0 Å². The maximum absolute atomic E-state index is 13.8. The zero-order valence-electron chi connectivity index (χ0n) is 13.1. The fourth-order valence-corrected chi connectivity index (χ4v) is 3.73. The van der Waals surface area contributed by atoms with Gasteiger partial charge in [0.2, 0.25) is 5.91 Å². The lowest BCUT2D eigenvalue weighted by Crippen LogP contribution is -2.56. The number of halogens is 1. The Labute approximate surface area is 131 Å². The first-order chi connectivity index (χ1) is 10.7. The zero-order valence-corrected chi connectivity index (χ0v) is 13.1. The predicted molar refractivity (Wildman–Crippen MR) is 83.0 cm³/mol. The van der Waals surface area contributed by atoms with Gasteiger partial charge in [-0.15, -0.1) is 0 Å². The van der Waals surface area contributed by atoms with Crippen molar-refractivity contribution in [2.24, 2.45) is 5.92 Å². The number of morpholine rings is 1. The molecule has 22 heavy (non-hydrogen) atoms. The Kier molecular flexibility index (Phi) is 4.77. The second-order valence-corrected chi connectivity index (χ2v) is 6.49. The molecule has 2 aliphatic rings. The van der Waals surface area contributed by atoms with E-state index in [1.807, 2.05) is 17.9 Å². The minimum Gasteiger partial charge on any atom is -0.374 e. The standard InChI is InChI=1S/C18H24FNO2/c1-13(12-14-6-2-3-7-15(14)19)18(21)20-10-11-22-17-9-5-4-8-16(17)20/h2-3,6-7,13,16-17H,4-5,8-12H2,1H3. The summed E-state index contributed by atoms with van der Waals surface area (Å²) >= 11 is 0. The van der Waals surface area contributed by atoms with Crippen molar-refractivity contribution in [1.29, 1.82) is 0 Å². The average molecular weight is 305 g/mol. The van der Waals surface area contributed by atoms with Crippen molar-refractivity contribution in [3.8, 4) is 0 Å². The number of nitrogens with zero attached hydrogens (tertiary/aromatic N) is 1. The molecular weight excluding hydrogens is 281 g/mol. The lowest BCUT2D eigenvalue weighted by Gasteiger charge is -2.44. The number of fused-ring (bicyclic) bond motifs is 1. The molecule has 0 spiro atoms. The van der Waals surface area contributed by atoms with Crippen LogP contribution in [0.5, 0.6) is 0 Å². The highest BCUT2D eigenvalue weighted by molar-refractivity contribution is 5.79. The van der Waals surface area contributed by atoms with Crippen LogP contribution in [0.1, 0.15) is 38.2 Å². The second kappa shape index (κ2) is 6.78. The number of benzene rings is 1. The van der Waals surface area contributed by atoms with Crippen LogP contribution in [0.4, 0.5) is 4.39 Å². The van der Waals surface area contributed by atoms with Gasteiger partial charge >= 0.3 is 0 Å². The van der Waals surface area contributed by atoms with Crippen LogP contribution in [-0.2, 0) is 16.0 Å². The Morgan fingerprint density at radius 1 is 1.36 bits per heavy atom. The molecule has 1 heterocycles. The summed E-state index contributed by atoms with van der Waals surface area (Å²) in [6.45, 7) is 3.20. The first kappa shape index (κ1) is 15.5. The zero-order chi connectivity index (χ0) is 15.5. The third-order valence-corrected chi connectivity index (χ3v) is 4.92. The quantitative estimate of drug-likeness (QED) is 0.858. The normalized spacial score (nSPS) is 26.4. The molecule has 120 valence electrons. The van der Waals surface area contributed by atoms with Crippen molar-refractivity contribution in [3.05, 3.63) is 35.6 Å². The van der Waals surface area contributed by atoms with E-state index in [9.17, 15) is 9.18 Å². The van der Waals surface area contributed by atoms with Crippen molar-refractivity contribution in [1.82, 2.24) is 4.90 Å². The van der Waals surface area contributed by atoms with Crippen LogP contribution in [0.15, 0.2) is 24.3 Å². The molecule has 0 N–H and O–H groups in total.